The van der Waals surface area contributed by atoms with Crippen molar-refractivity contribution in [2.24, 2.45) is 5.16 Å². The highest BCUT2D eigenvalue weighted by atomic mass is 16.4. The number of hydrogen-bond acceptors (Lipinski definition) is 2. The summed E-state index contributed by atoms with van der Waals surface area (Å²) in [5.74, 6) is 0. The first-order valence-corrected chi connectivity index (χ1v) is 5.28. The van der Waals surface area contributed by atoms with Crippen LogP contribution in [0.4, 0.5) is 0 Å². The Morgan fingerprint density at radius 3 is 2.60 bits per heavy atom. The summed E-state index contributed by atoms with van der Waals surface area (Å²) in [5, 5.41) is 11.7. The van der Waals surface area contributed by atoms with E-state index in [4.69, 9.17) is 5.21 Å². The molecule has 0 unspecified atom stereocenters. The minimum atomic E-state index is 1.02. The lowest BCUT2D eigenvalue weighted by Gasteiger charge is -2.04. The number of nitrogens with zero attached hydrogens (tertiary/aromatic N) is 1. The molecule has 0 saturated heterocycles. The highest BCUT2D eigenvalue weighted by Gasteiger charge is 2.14. The molecule has 1 N–H and O–H groups in total. The molecule has 78 valence electrons. The summed E-state index contributed by atoms with van der Waals surface area (Å²) in [7, 11) is 0. The zero-order valence-electron chi connectivity index (χ0n) is 8.90. The van der Waals surface area contributed by atoms with Gasteiger partial charge in [-0.1, -0.05) is 35.0 Å². The van der Waals surface area contributed by atoms with Gasteiger partial charge in [0.25, 0.3) is 0 Å². The van der Waals surface area contributed by atoms with Crippen molar-refractivity contribution < 1.29 is 5.21 Å². The first kappa shape index (κ1) is 9.97. The van der Waals surface area contributed by atoms with Crippen molar-refractivity contribution in [2.75, 3.05) is 0 Å². The van der Waals surface area contributed by atoms with Crippen LogP contribution in [-0.4, -0.2) is 11.4 Å². The molecule has 15 heavy (non-hydrogen) atoms. The predicted octanol–water partition coefficient (Wildman–Crippen LogP) is 3.39. The van der Waals surface area contributed by atoms with Crippen molar-refractivity contribution in [3.05, 3.63) is 41.0 Å². The minimum absolute atomic E-state index is 1.02. The maximum absolute atomic E-state index is 8.57. The number of allylic oxidation sites excluding steroid dienone is 2. The summed E-state index contributed by atoms with van der Waals surface area (Å²) in [6.07, 6.45) is 4.84. The molecule has 1 aliphatic carbocycles. The highest BCUT2D eigenvalue weighted by Crippen LogP contribution is 2.32. The van der Waals surface area contributed by atoms with Crippen molar-refractivity contribution in [3.8, 4) is 0 Å². The Balaban J connectivity index is 2.37. The number of benzene rings is 1. The van der Waals surface area contributed by atoms with E-state index in [1.165, 1.54) is 22.3 Å². The molecule has 0 spiro atoms. The average Bonchev–Trinajstić information content (AvgIpc) is 2.68. The normalized spacial score (nSPS) is 16.6. The molecule has 0 fully saturated rings. The predicted molar refractivity (Wildman–Crippen MR) is 62.2 cm³/mol. The van der Waals surface area contributed by atoms with Gasteiger partial charge in [-0.15, -0.1) is 0 Å². The van der Waals surface area contributed by atoms with Crippen LogP contribution in [0.2, 0.25) is 0 Å². The van der Waals surface area contributed by atoms with Gasteiger partial charge in [-0.3, -0.25) is 0 Å². The van der Waals surface area contributed by atoms with Gasteiger partial charge >= 0.3 is 0 Å². The molecule has 0 aliphatic heterocycles. The van der Waals surface area contributed by atoms with E-state index in [2.05, 4.69) is 36.3 Å². The zero-order chi connectivity index (χ0) is 10.7. The fraction of sp³-hybridized carbons (Fsp3) is 0.308. The third kappa shape index (κ3) is 2.09. The molecule has 0 heterocycles. The lowest BCUT2D eigenvalue weighted by Crippen LogP contribution is -1.86. The number of hydrogen-bond donors (Lipinski definition) is 1. The van der Waals surface area contributed by atoms with Crippen LogP contribution < -0.4 is 0 Å². The molecule has 0 atom stereocenters. The van der Waals surface area contributed by atoms with E-state index in [1.807, 2.05) is 0 Å². The summed E-state index contributed by atoms with van der Waals surface area (Å²) >= 11 is 0. The average molecular weight is 201 g/mol. The topological polar surface area (TPSA) is 32.6 Å². The van der Waals surface area contributed by atoms with Crippen LogP contribution in [0.5, 0.6) is 0 Å². The Morgan fingerprint density at radius 1 is 1.20 bits per heavy atom. The maximum atomic E-state index is 8.57. The van der Waals surface area contributed by atoms with Crippen LogP contribution in [0, 0.1) is 6.92 Å². The first-order chi connectivity index (χ1) is 7.31. The second-order valence-electron chi connectivity index (χ2n) is 3.97. The van der Waals surface area contributed by atoms with Gasteiger partial charge in [-0.05, 0) is 42.9 Å². The third-order valence-corrected chi connectivity index (χ3v) is 2.87. The molecule has 2 heteroatoms. The van der Waals surface area contributed by atoms with E-state index in [-0.39, 0.29) is 0 Å². The maximum Gasteiger partial charge on any atom is 0.0696 e. The largest absolute Gasteiger partial charge is 0.411 e. The fourth-order valence-corrected chi connectivity index (χ4v) is 2.06. The number of oxime groups is 1. The van der Waals surface area contributed by atoms with E-state index in [1.54, 1.807) is 6.21 Å². The number of aryl methyl sites for hydroxylation is 1. The van der Waals surface area contributed by atoms with Gasteiger partial charge in [0, 0.05) is 0 Å². The molecule has 0 radical (unpaired) electrons. The fourth-order valence-electron chi connectivity index (χ4n) is 2.06. The van der Waals surface area contributed by atoms with Gasteiger partial charge < -0.3 is 5.21 Å². The van der Waals surface area contributed by atoms with Crippen molar-refractivity contribution in [1.29, 1.82) is 0 Å². The monoisotopic (exact) mass is 201 g/mol. The first-order valence-electron chi connectivity index (χ1n) is 5.28. The molecule has 1 aromatic rings. The molecular weight excluding hydrogens is 186 g/mol. The van der Waals surface area contributed by atoms with Gasteiger partial charge in [-0.2, -0.15) is 0 Å². The van der Waals surface area contributed by atoms with Gasteiger partial charge in [0.2, 0.25) is 0 Å². The summed E-state index contributed by atoms with van der Waals surface area (Å²) < 4.78 is 0. The van der Waals surface area contributed by atoms with Crippen molar-refractivity contribution in [3.63, 3.8) is 0 Å². The van der Waals surface area contributed by atoms with Crippen LogP contribution in [0.1, 0.15) is 30.4 Å². The lowest BCUT2D eigenvalue weighted by molar-refractivity contribution is 0.321. The molecule has 0 amide bonds. The molecule has 0 saturated carbocycles. The van der Waals surface area contributed by atoms with E-state index in [0.29, 0.717) is 0 Å². The number of rotatable bonds is 2. The van der Waals surface area contributed by atoms with Crippen molar-refractivity contribution >= 4 is 11.8 Å². The highest BCUT2D eigenvalue weighted by molar-refractivity contribution is 5.92. The van der Waals surface area contributed by atoms with Gasteiger partial charge in [0.15, 0.2) is 0 Å². The Labute approximate surface area is 89.9 Å². The minimum Gasteiger partial charge on any atom is -0.411 e. The molecule has 1 aliphatic rings. The SMILES string of the molecule is Cc1ccc(C2=C(C=NO)CCC2)cc1. The Hall–Kier alpha value is -1.57. The van der Waals surface area contributed by atoms with E-state index >= 15 is 0 Å². The lowest BCUT2D eigenvalue weighted by atomic mass is 10.0. The van der Waals surface area contributed by atoms with Crippen molar-refractivity contribution in [2.45, 2.75) is 26.2 Å². The van der Waals surface area contributed by atoms with Crippen LogP contribution >= 0.6 is 0 Å². The summed E-state index contributed by atoms with van der Waals surface area (Å²) in [5.41, 5.74) is 5.02. The summed E-state index contributed by atoms with van der Waals surface area (Å²) in [4.78, 5) is 0. The van der Waals surface area contributed by atoms with Crippen LogP contribution in [0.15, 0.2) is 35.0 Å². The van der Waals surface area contributed by atoms with E-state index in [9.17, 15) is 0 Å². The van der Waals surface area contributed by atoms with Gasteiger partial charge in [0.1, 0.15) is 0 Å². The standard InChI is InChI=1S/C13H15NO/c1-10-5-7-11(8-6-10)13-4-2-3-12(13)9-14-15/h5-9,15H,2-4H2,1H3. The summed E-state index contributed by atoms with van der Waals surface area (Å²) in [6.45, 7) is 2.09. The zero-order valence-corrected chi connectivity index (χ0v) is 8.90. The van der Waals surface area contributed by atoms with E-state index in [0.717, 1.165) is 19.3 Å². The van der Waals surface area contributed by atoms with Crippen LogP contribution in [0.3, 0.4) is 0 Å². The molecule has 2 nitrogen and oxygen atoms in total. The quantitative estimate of drug-likeness (QED) is 0.444. The molecule has 0 bridgehead atoms. The molecule has 1 aromatic carbocycles. The Morgan fingerprint density at radius 2 is 1.93 bits per heavy atom. The second-order valence-corrected chi connectivity index (χ2v) is 3.97. The third-order valence-electron chi connectivity index (χ3n) is 2.87. The Kier molecular flexibility index (Phi) is 2.86. The van der Waals surface area contributed by atoms with E-state index < -0.39 is 0 Å². The van der Waals surface area contributed by atoms with Crippen LogP contribution in [0.25, 0.3) is 5.57 Å². The van der Waals surface area contributed by atoms with Gasteiger partial charge in [-0.25, -0.2) is 0 Å². The van der Waals surface area contributed by atoms with Crippen LogP contribution in [-0.2, 0) is 0 Å². The van der Waals surface area contributed by atoms with Gasteiger partial charge in [0.05, 0.1) is 6.21 Å². The molecule has 2 rings (SSSR count). The second kappa shape index (κ2) is 4.30. The smallest absolute Gasteiger partial charge is 0.0696 e. The molecular formula is C13H15NO. The summed E-state index contributed by atoms with van der Waals surface area (Å²) in [6, 6.07) is 8.52. The molecule has 0 aromatic heterocycles. The Bertz CT molecular complexity index is 401. The van der Waals surface area contributed by atoms with Crippen molar-refractivity contribution in [1.82, 2.24) is 0 Å².